The second-order valence-electron chi connectivity index (χ2n) is 5.46. The van der Waals surface area contributed by atoms with Gasteiger partial charge < -0.3 is 10.6 Å². The third-order valence-electron chi connectivity index (χ3n) is 3.99. The minimum Gasteiger partial charge on any atom is -0.350 e. The maximum Gasteiger partial charge on any atom is 0.217 e. The third-order valence-corrected chi connectivity index (χ3v) is 4.22. The van der Waals surface area contributed by atoms with E-state index in [1.54, 1.807) is 6.92 Å². The minimum atomic E-state index is 0.00749. The number of rotatable bonds is 4. The fraction of sp³-hybridized carbons (Fsp3) is 0.562. The van der Waals surface area contributed by atoms with Crippen LogP contribution < -0.4 is 10.6 Å². The zero-order valence-corrected chi connectivity index (χ0v) is 13.0. The van der Waals surface area contributed by atoms with Crippen molar-refractivity contribution in [2.24, 2.45) is 0 Å². The van der Waals surface area contributed by atoms with Gasteiger partial charge in [0, 0.05) is 11.9 Å². The second-order valence-corrected chi connectivity index (χ2v) is 5.90. The van der Waals surface area contributed by atoms with Crippen molar-refractivity contribution >= 4 is 17.5 Å². The summed E-state index contributed by atoms with van der Waals surface area (Å²) in [5.41, 5.74) is 2.53. The normalized spacial score (nSPS) is 17.8. The van der Waals surface area contributed by atoms with Crippen LogP contribution in [0.2, 0.25) is 5.02 Å². The zero-order valence-electron chi connectivity index (χ0n) is 12.2. The van der Waals surface area contributed by atoms with Gasteiger partial charge in [-0.25, -0.2) is 0 Å². The molecule has 0 spiro atoms. The molecule has 1 amide bonds. The lowest BCUT2D eigenvalue weighted by molar-refractivity contribution is -0.119. The summed E-state index contributed by atoms with van der Waals surface area (Å²) in [5.74, 6) is 0.569. The fourth-order valence-corrected chi connectivity index (χ4v) is 3.18. The molecule has 0 bridgehead atoms. The molecule has 2 N–H and O–H groups in total. The van der Waals surface area contributed by atoms with Gasteiger partial charge in [-0.3, -0.25) is 4.79 Å². The van der Waals surface area contributed by atoms with E-state index in [9.17, 15) is 4.79 Å². The summed E-state index contributed by atoms with van der Waals surface area (Å²) < 4.78 is 0. The van der Waals surface area contributed by atoms with Crippen LogP contribution in [0.1, 0.15) is 56.2 Å². The standard InChI is InChI=1S/C16H23ClN2O/c1-3-16(19-11(2)20)15-10-13(17)4-5-14(15)12-6-8-18-9-7-12/h4-5,10,12,16,18H,3,6-9H2,1-2H3,(H,19,20)/t16-/m0/s1. The molecule has 1 aliphatic rings. The van der Waals surface area contributed by atoms with Gasteiger partial charge in [0.05, 0.1) is 6.04 Å². The number of carbonyl (C=O) groups excluding carboxylic acids is 1. The van der Waals surface area contributed by atoms with Gasteiger partial charge in [-0.15, -0.1) is 0 Å². The van der Waals surface area contributed by atoms with Crippen LogP contribution in [0.5, 0.6) is 0 Å². The van der Waals surface area contributed by atoms with Gasteiger partial charge in [0.1, 0.15) is 0 Å². The van der Waals surface area contributed by atoms with Crippen molar-refractivity contribution in [3.63, 3.8) is 0 Å². The molecule has 1 aliphatic heterocycles. The quantitative estimate of drug-likeness (QED) is 0.894. The van der Waals surface area contributed by atoms with Crippen LogP contribution in [0, 0.1) is 0 Å². The van der Waals surface area contributed by atoms with E-state index in [0.29, 0.717) is 5.92 Å². The van der Waals surface area contributed by atoms with Gasteiger partial charge in [-0.1, -0.05) is 24.6 Å². The molecule has 1 atom stereocenters. The molecule has 1 aromatic carbocycles. The molecule has 1 heterocycles. The Morgan fingerprint density at radius 3 is 2.75 bits per heavy atom. The molecule has 0 radical (unpaired) electrons. The molecule has 0 aromatic heterocycles. The molecule has 0 saturated carbocycles. The highest BCUT2D eigenvalue weighted by atomic mass is 35.5. The van der Waals surface area contributed by atoms with Crippen molar-refractivity contribution in [1.82, 2.24) is 10.6 Å². The van der Waals surface area contributed by atoms with Crippen LogP contribution in [0.4, 0.5) is 0 Å². The summed E-state index contributed by atoms with van der Waals surface area (Å²) in [7, 11) is 0. The van der Waals surface area contributed by atoms with Crippen LogP contribution in [-0.4, -0.2) is 19.0 Å². The maximum absolute atomic E-state index is 11.4. The highest BCUT2D eigenvalue weighted by molar-refractivity contribution is 6.30. The van der Waals surface area contributed by atoms with Crippen molar-refractivity contribution in [2.75, 3.05) is 13.1 Å². The Morgan fingerprint density at radius 2 is 2.15 bits per heavy atom. The Hall–Kier alpha value is -1.06. The van der Waals surface area contributed by atoms with Gasteiger partial charge >= 0.3 is 0 Å². The molecule has 1 saturated heterocycles. The summed E-state index contributed by atoms with van der Waals surface area (Å²) in [5, 5.41) is 7.17. The van der Waals surface area contributed by atoms with E-state index in [-0.39, 0.29) is 11.9 Å². The number of amides is 1. The highest BCUT2D eigenvalue weighted by Gasteiger charge is 2.22. The summed E-state index contributed by atoms with van der Waals surface area (Å²) in [6.07, 6.45) is 3.16. The average molecular weight is 295 g/mol. The molecule has 2 rings (SSSR count). The van der Waals surface area contributed by atoms with Crippen molar-refractivity contribution in [2.45, 2.75) is 45.1 Å². The van der Waals surface area contributed by atoms with E-state index >= 15 is 0 Å². The topological polar surface area (TPSA) is 41.1 Å². The summed E-state index contributed by atoms with van der Waals surface area (Å²) >= 11 is 6.17. The molecule has 3 nitrogen and oxygen atoms in total. The fourth-order valence-electron chi connectivity index (χ4n) is 3.00. The first kappa shape index (κ1) is 15.3. The maximum atomic E-state index is 11.4. The van der Waals surface area contributed by atoms with E-state index in [1.807, 2.05) is 12.1 Å². The lowest BCUT2D eigenvalue weighted by atomic mass is 9.84. The third kappa shape index (κ3) is 3.74. The first-order valence-electron chi connectivity index (χ1n) is 7.39. The van der Waals surface area contributed by atoms with E-state index < -0.39 is 0 Å². The van der Waals surface area contributed by atoms with Crippen molar-refractivity contribution < 1.29 is 4.79 Å². The molecular weight excluding hydrogens is 272 g/mol. The number of hydrogen-bond donors (Lipinski definition) is 2. The number of nitrogens with one attached hydrogen (secondary N) is 2. The highest BCUT2D eigenvalue weighted by Crippen LogP contribution is 2.34. The van der Waals surface area contributed by atoms with Crippen LogP contribution in [0.25, 0.3) is 0 Å². The Bertz CT molecular complexity index is 470. The number of piperidine rings is 1. The van der Waals surface area contributed by atoms with Crippen LogP contribution >= 0.6 is 11.6 Å². The van der Waals surface area contributed by atoms with E-state index in [4.69, 9.17) is 11.6 Å². The number of halogens is 1. The molecule has 1 aromatic rings. The first-order chi connectivity index (χ1) is 9.61. The molecule has 110 valence electrons. The summed E-state index contributed by atoms with van der Waals surface area (Å²) in [6, 6.07) is 6.17. The number of hydrogen-bond acceptors (Lipinski definition) is 2. The van der Waals surface area contributed by atoms with Gasteiger partial charge in [0.25, 0.3) is 0 Å². The molecular formula is C16H23ClN2O. The second kappa shape index (κ2) is 7.09. The van der Waals surface area contributed by atoms with E-state index in [1.165, 1.54) is 11.1 Å². The van der Waals surface area contributed by atoms with Crippen LogP contribution in [0.3, 0.4) is 0 Å². The monoisotopic (exact) mass is 294 g/mol. The summed E-state index contributed by atoms with van der Waals surface area (Å²) in [4.78, 5) is 11.4. The molecule has 0 aliphatic carbocycles. The van der Waals surface area contributed by atoms with Gasteiger partial charge in [-0.05, 0) is 61.5 Å². The van der Waals surface area contributed by atoms with E-state index in [2.05, 4.69) is 23.6 Å². The average Bonchev–Trinajstić information content (AvgIpc) is 2.45. The predicted molar refractivity (Wildman–Crippen MR) is 83.1 cm³/mol. The smallest absolute Gasteiger partial charge is 0.217 e. The molecule has 0 unspecified atom stereocenters. The van der Waals surface area contributed by atoms with Gasteiger partial charge in [-0.2, -0.15) is 0 Å². The van der Waals surface area contributed by atoms with Crippen molar-refractivity contribution in [3.05, 3.63) is 34.3 Å². The molecule has 4 heteroatoms. The van der Waals surface area contributed by atoms with Crippen LogP contribution in [-0.2, 0) is 4.79 Å². The lowest BCUT2D eigenvalue weighted by Gasteiger charge is -2.28. The number of benzene rings is 1. The SMILES string of the molecule is CC[C@H](NC(C)=O)c1cc(Cl)ccc1C1CCNCC1. The predicted octanol–water partition coefficient (Wildman–Crippen LogP) is 3.39. The van der Waals surface area contributed by atoms with Gasteiger partial charge in [0.15, 0.2) is 0 Å². The first-order valence-corrected chi connectivity index (χ1v) is 7.76. The largest absolute Gasteiger partial charge is 0.350 e. The van der Waals surface area contributed by atoms with Gasteiger partial charge in [0.2, 0.25) is 5.91 Å². The molecule has 1 fully saturated rings. The van der Waals surface area contributed by atoms with Crippen molar-refractivity contribution in [1.29, 1.82) is 0 Å². The Kier molecular flexibility index (Phi) is 5.44. The van der Waals surface area contributed by atoms with E-state index in [0.717, 1.165) is 37.4 Å². The van der Waals surface area contributed by atoms with Crippen molar-refractivity contribution in [3.8, 4) is 0 Å². The van der Waals surface area contributed by atoms with Crippen LogP contribution in [0.15, 0.2) is 18.2 Å². The number of carbonyl (C=O) groups is 1. The minimum absolute atomic E-state index is 0.00749. The summed E-state index contributed by atoms with van der Waals surface area (Å²) in [6.45, 7) is 5.78. The lowest BCUT2D eigenvalue weighted by Crippen LogP contribution is -2.29. The Morgan fingerprint density at radius 1 is 1.45 bits per heavy atom. The molecule has 20 heavy (non-hydrogen) atoms. The Balaban J connectivity index is 2.33. The Labute approximate surface area is 126 Å². The zero-order chi connectivity index (χ0) is 14.5.